The second kappa shape index (κ2) is 7.68. The number of benzene rings is 1. The van der Waals surface area contributed by atoms with Crippen LogP contribution in [0.1, 0.15) is 37.7 Å². The number of likely N-dealkylation sites (N-methyl/N-ethyl adjacent to an activating group) is 2. The SMILES string of the molecule is CCN1CCCC1CN(C)C(=NC)NC1CC1c1c(F)cccc1F. The van der Waals surface area contributed by atoms with Gasteiger partial charge in [-0.3, -0.25) is 9.89 Å². The molecule has 1 aliphatic carbocycles. The van der Waals surface area contributed by atoms with Crippen molar-refractivity contribution in [2.24, 2.45) is 4.99 Å². The van der Waals surface area contributed by atoms with Gasteiger partial charge in [-0.25, -0.2) is 8.78 Å². The number of hydrogen-bond acceptors (Lipinski definition) is 2. The van der Waals surface area contributed by atoms with Crippen molar-refractivity contribution in [3.63, 3.8) is 0 Å². The largest absolute Gasteiger partial charge is 0.353 e. The standard InChI is InChI=1S/C19H28F2N4/c1-4-25-10-6-7-13(25)12-24(3)19(22-2)23-17-11-14(17)18-15(20)8-5-9-16(18)21/h5,8-9,13-14,17H,4,6-7,10-12H2,1-3H3,(H,22,23). The molecule has 0 radical (unpaired) electrons. The molecule has 2 fully saturated rings. The van der Waals surface area contributed by atoms with Crippen LogP contribution in [0.4, 0.5) is 8.78 Å². The smallest absolute Gasteiger partial charge is 0.193 e. The number of rotatable bonds is 5. The van der Waals surface area contributed by atoms with E-state index in [4.69, 9.17) is 0 Å². The van der Waals surface area contributed by atoms with Crippen molar-refractivity contribution in [1.82, 2.24) is 15.1 Å². The van der Waals surface area contributed by atoms with Crippen LogP contribution in [0, 0.1) is 11.6 Å². The van der Waals surface area contributed by atoms with Gasteiger partial charge in [0.25, 0.3) is 0 Å². The van der Waals surface area contributed by atoms with E-state index in [2.05, 4.69) is 27.0 Å². The summed E-state index contributed by atoms with van der Waals surface area (Å²) in [6.45, 7) is 5.35. The van der Waals surface area contributed by atoms with Crippen molar-refractivity contribution < 1.29 is 8.78 Å². The maximum Gasteiger partial charge on any atom is 0.193 e. The number of aliphatic imine (C=N–C) groups is 1. The van der Waals surface area contributed by atoms with E-state index in [1.165, 1.54) is 31.0 Å². The molecule has 3 unspecified atom stereocenters. The van der Waals surface area contributed by atoms with Crippen LogP contribution >= 0.6 is 0 Å². The van der Waals surface area contributed by atoms with Gasteiger partial charge in [0.15, 0.2) is 5.96 Å². The summed E-state index contributed by atoms with van der Waals surface area (Å²) in [5.74, 6) is -0.235. The molecule has 138 valence electrons. The minimum Gasteiger partial charge on any atom is -0.353 e. The van der Waals surface area contributed by atoms with Crippen molar-refractivity contribution in [2.75, 3.05) is 33.7 Å². The fraction of sp³-hybridized carbons (Fsp3) is 0.632. The number of hydrogen-bond donors (Lipinski definition) is 1. The lowest BCUT2D eigenvalue weighted by Gasteiger charge is -2.30. The van der Waals surface area contributed by atoms with E-state index in [-0.39, 0.29) is 17.5 Å². The maximum absolute atomic E-state index is 13.9. The maximum atomic E-state index is 13.9. The number of nitrogens with one attached hydrogen (secondary N) is 1. The van der Waals surface area contributed by atoms with Crippen molar-refractivity contribution >= 4 is 5.96 Å². The Morgan fingerprint density at radius 2 is 2.08 bits per heavy atom. The van der Waals surface area contributed by atoms with Gasteiger partial charge in [0.05, 0.1) is 0 Å². The Hall–Kier alpha value is -1.69. The molecule has 1 aromatic carbocycles. The Morgan fingerprint density at radius 1 is 1.36 bits per heavy atom. The lowest BCUT2D eigenvalue weighted by Crippen LogP contribution is -2.46. The zero-order valence-corrected chi connectivity index (χ0v) is 15.3. The number of halogens is 2. The predicted molar refractivity (Wildman–Crippen MR) is 96.9 cm³/mol. The Balaban J connectivity index is 1.58. The molecule has 2 aliphatic rings. The summed E-state index contributed by atoms with van der Waals surface area (Å²) in [5.41, 5.74) is 0.200. The summed E-state index contributed by atoms with van der Waals surface area (Å²) in [5, 5.41) is 3.37. The molecule has 6 heteroatoms. The fourth-order valence-corrected chi connectivity index (χ4v) is 3.97. The molecule has 0 amide bonds. The molecule has 3 atom stereocenters. The summed E-state index contributed by atoms with van der Waals surface area (Å²) >= 11 is 0. The average Bonchev–Trinajstić information content (AvgIpc) is 3.19. The van der Waals surface area contributed by atoms with E-state index in [0.717, 1.165) is 32.0 Å². The van der Waals surface area contributed by atoms with Gasteiger partial charge in [0.1, 0.15) is 11.6 Å². The minimum absolute atomic E-state index is 0.0402. The normalized spacial score (nSPS) is 26.8. The van der Waals surface area contributed by atoms with Crippen molar-refractivity contribution in [3.05, 3.63) is 35.4 Å². The highest BCUT2D eigenvalue weighted by Gasteiger charge is 2.42. The quantitative estimate of drug-likeness (QED) is 0.654. The first-order valence-electron chi connectivity index (χ1n) is 9.17. The van der Waals surface area contributed by atoms with Crippen molar-refractivity contribution in [2.45, 2.75) is 44.2 Å². The molecule has 25 heavy (non-hydrogen) atoms. The van der Waals surface area contributed by atoms with Gasteiger partial charge >= 0.3 is 0 Å². The summed E-state index contributed by atoms with van der Waals surface area (Å²) < 4.78 is 27.9. The zero-order valence-electron chi connectivity index (χ0n) is 15.3. The molecule has 1 aromatic rings. The molecule has 1 heterocycles. The van der Waals surface area contributed by atoms with Crippen LogP contribution in [0.5, 0.6) is 0 Å². The number of nitrogens with zero attached hydrogens (tertiary/aromatic N) is 3. The van der Waals surface area contributed by atoms with E-state index in [1.54, 1.807) is 7.05 Å². The van der Waals surface area contributed by atoms with Crippen LogP contribution < -0.4 is 5.32 Å². The van der Waals surface area contributed by atoms with Gasteiger partial charge < -0.3 is 10.2 Å². The van der Waals surface area contributed by atoms with Gasteiger partial charge in [-0.1, -0.05) is 13.0 Å². The number of guanidine groups is 1. The molecule has 3 rings (SSSR count). The minimum atomic E-state index is -0.456. The van der Waals surface area contributed by atoms with Gasteiger partial charge in [0.2, 0.25) is 0 Å². The van der Waals surface area contributed by atoms with Crippen LogP contribution in [-0.4, -0.2) is 61.6 Å². The van der Waals surface area contributed by atoms with Gasteiger partial charge in [0, 0.05) is 44.2 Å². The zero-order chi connectivity index (χ0) is 18.0. The van der Waals surface area contributed by atoms with Crippen LogP contribution in [-0.2, 0) is 0 Å². The van der Waals surface area contributed by atoms with Crippen LogP contribution in [0.2, 0.25) is 0 Å². The lowest BCUT2D eigenvalue weighted by atomic mass is 10.1. The molecule has 1 saturated heterocycles. The highest BCUT2D eigenvalue weighted by atomic mass is 19.1. The third kappa shape index (κ3) is 3.94. The second-order valence-electron chi connectivity index (χ2n) is 7.08. The van der Waals surface area contributed by atoms with Crippen molar-refractivity contribution in [1.29, 1.82) is 0 Å². The molecule has 4 nitrogen and oxygen atoms in total. The summed E-state index contributed by atoms with van der Waals surface area (Å²) in [7, 11) is 3.79. The van der Waals surface area contributed by atoms with Crippen molar-refractivity contribution in [3.8, 4) is 0 Å². The average molecular weight is 350 g/mol. The lowest BCUT2D eigenvalue weighted by molar-refractivity contribution is 0.232. The molecule has 0 spiro atoms. The van der Waals surface area contributed by atoms with Crippen LogP contribution in [0.3, 0.4) is 0 Å². The molecule has 0 aromatic heterocycles. The van der Waals surface area contributed by atoms with Crippen LogP contribution in [0.15, 0.2) is 23.2 Å². The fourth-order valence-electron chi connectivity index (χ4n) is 3.97. The Morgan fingerprint density at radius 3 is 2.72 bits per heavy atom. The van der Waals surface area contributed by atoms with E-state index >= 15 is 0 Å². The predicted octanol–water partition coefficient (Wildman–Crippen LogP) is 2.81. The summed E-state index contributed by atoms with van der Waals surface area (Å²) in [6, 6.07) is 4.65. The Labute approximate surface area is 148 Å². The van der Waals surface area contributed by atoms with E-state index in [0.29, 0.717) is 6.04 Å². The highest BCUT2D eigenvalue weighted by Crippen LogP contribution is 2.43. The molecular weight excluding hydrogens is 322 g/mol. The molecule has 1 N–H and O–H groups in total. The van der Waals surface area contributed by atoms with Crippen LogP contribution in [0.25, 0.3) is 0 Å². The molecule has 1 aliphatic heterocycles. The van der Waals surface area contributed by atoms with E-state index in [1.807, 2.05) is 7.05 Å². The topological polar surface area (TPSA) is 30.9 Å². The molecule has 1 saturated carbocycles. The van der Waals surface area contributed by atoms with E-state index in [9.17, 15) is 8.78 Å². The second-order valence-corrected chi connectivity index (χ2v) is 7.08. The monoisotopic (exact) mass is 350 g/mol. The van der Waals surface area contributed by atoms with Gasteiger partial charge in [-0.05, 0) is 44.5 Å². The summed E-state index contributed by atoms with van der Waals surface area (Å²) in [4.78, 5) is 8.99. The first-order valence-corrected chi connectivity index (χ1v) is 9.17. The van der Waals surface area contributed by atoms with Gasteiger partial charge in [-0.2, -0.15) is 0 Å². The third-order valence-electron chi connectivity index (χ3n) is 5.44. The third-order valence-corrected chi connectivity index (χ3v) is 5.44. The molecule has 0 bridgehead atoms. The molecular formula is C19H28F2N4. The first-order chi connectivity index (χ1) is 12.0. The first kappa shape index (κ1) is 18.1. The van der Waals surface area contributed by atoms with Gasteiger partial charge in [-0.15, -0.1) is 0 Å². The highest BCUT2D eigenvalue weighted by molar-refractivity contribution is 5.80. The number of likely N-dealkylation sites (tertiary alicyclic amines) is 1. The Kier molecular flexibility index (Phi) is 5.57. The summed E-state index contributed by atoms with van der Waals surface area (Å²) in [6.07, 6.45) is 3.19. The van der Waals surface area contributed by atoms with E-state index < -0.39 is 11.6 Å². The Bertz CT molecular complexity index is 614.